The van der Waals surface area contributed by atoms with E-state index in [0.29, 0.717) is 13.0 Å². The van der Waals surface area contributed by atoms with Crippen LogP contribution in [0.1, 0.15) is 6.42 Å². The van der Waals surface area contributed by atoms with Crippen molar-refractivity contribution >= 4 is 11.8 Å². The predicted molar refractivity (Wildman–Crippen MR) is 42.6 cm³/mol. The number of carbonyl (C=O) groups excluding carboxylic acids is 2. The molecular weight excluding hydrogens is 158 g/mol. The molecule has 68 valence electrons. The summed E-state index contributed by atoms with van der Waals surface area (Å²) in [6.07, 6.45) is 0.585. The van der Waals surface area contributed by atoms with Gasteiger partial charge in [-0.2, -0.15) is 0 Å². The summed E-state index contributed by atoms with van der Waals surface area (Å²) in [6.45, 7) is 1.14. The number of Topliss-reactive ketones (excluding diaryl/α,β-unsaturated/α-hetero) is 1. The van der Waals surface area contributed by atoms with Gasteiger partial charge in [-0.3, -0.25) is 14.5 Å². The SMILES string of the molecule is COC(=O)C1CCN(C)CC1=O. The Morgan fingerprint density at radius 1 is 1.67 bits per heavy atom. The predicted octanol–water partition coefficient (Wildman–Crippen LogP) is -0.320. The average molecular weight is 171 g/mol. The zero-order valence-electron chi connectivity index (χ0n) is 7.37. The molecule has 1 rings (SSSR count). The van der Waals surface area contributed by atoms with Crippen LogP contribution in [0.4, 0.5) is 0 Å². The van der Waals surface area contributed by atoms with Crippen LogP contribution in [-0.2, 0) is 14.3 Å². The van der Waals surface area contributed by atoms with Crippen molar-refractivity contribution in [2.75, 3.05) is 27.2 Å². The summed E-state index contributed by atoms with van der Waals surface area (Å²) < 4.78 is 4.52. The summed E-state index contributed by atoms with van der Waals surface area (Å²) >= 11 is 0. The summed E-state index contributed by atoms with van der Waals surface area (Å²) in [4.78, 5) is 24.2. The highest BCUT2D eigenvalue weighted by Crippen LogP contribution is 2.13. The van der Waals surface area contributed by atoms with E-state index in [1.165, 1.54) is 7.11 Å². The topological polar surface area (TPSA) is 46.6 Å². The second-order valence-corrected chi connectivity index (χ2v) is 3.07. The molecule has 0 saturated carbocycles. The molecular formula is C8H13NO3. The van der Waals surface area contributed by atoms with E-state index in [1.54, 1.807) is 0 Å². The minimum Gasteiger partial charge on any atom is -0.468 e. The number of esters is 1. The van der Waals surface area contributed by atoms with E-state index in [4.69, 9.17) is 0 Å². The minimum atomic E-state index is -0.522. The molecule has 1 fully saturated rings. The number of rotatable bonds is 1. The molecule has 4 heteroatoms. The summed E-state index contributed by atoms with van der Waals surface area (Å²) in [5.74, 6) is -0.949. The van der Waals surface area contributed by atoms with Crippen LogP contribution in [0.5, 0.6) is 0 Å². The van der Waals surface area contributed by atoms with E-state index in [0.717, 1.165) is 6.54 Å². The molecule has 0 spiro atoms. The minimum absolute atomic E-state index is 0.0319. The Hall–Kier alpha value is -0.900. The molecule has 1 saturated heterocycles. The first-order valence-electron chi connectivity index (χ1n) is 3.94. The van der Waals surface area contributed by atoms with Crippen LogP contribution in [-0.4, -0.2) is 43.9 Å². The molecule has 0 radical (unpaired) electrons. The maximum atomic E-state index is 11.3. The van der Waals surface area contributed by atoms with Gasteiger partial charge in [0.2, 0.25) is 0 Å². The van der Waals surface area contributed by atoms with Crippen LogP contribution in [0.15, 0.2) is 0 Å². The third-order valence-corrected chi connectivity index (χ3v) is 2.10. The number of nitrogens with zero attached hydrogens (tertiary/aromatic N) is 1. The zero-order chi connectivity index (χ0) is 9.14. The highest BCUT2D eigenvalue weighted by Gasteiger charge is 2.31. The third kappa shape index (κ3) is 1.82. The third-order valence-electron chi connectivity index (χ3n) is 2.10. The lowest BCUT2D eigenvalue weighted by molar-refractivity contribution is -0.151. The molecule has 1 heterocycles. The number of methoxy groups -OCH3 is 1. The molecule has 1 atom stereocenters. The van der Waals surface area contributed by atoms with Gasteiger partial charge in [0.05, 0.1) is 13.7 Å². The number of hydrogen-bond acceptors (Lipinski definition) is 4. The number of hydrogen-bond donors (Lipinski definition) is 0. The quantitative estimate of drug-likeness (QED) is 0.400. The first-order valence-corrected chi connectivity index (χ1v) is 3.94. The number of likely N-dealkylation sites (tertiary alicyclic amines) is 1. The van der Waals surface area contributed by atoms with Gasteiger partial charge in [-0.15, -0.1) is 0 Å². The second kappa shape index (κ2) is 3.67. The van der Waals surface area contributed by atoms with Gasteiger partial charge in [-0.05, 0) is 20.0 Å². The Bertz CT molecular complexity index is 202. The Morgan fingerprint density at radius 3 is 2.83 bits per heavy atom. The van der Waals surface area contributed by atoms with Gasteiger partial charge in [-0.1, -0.05) is 0 Å². The summed E-state index contributed by atoms with van der Waals surface area (Å²) in [5, 5.41) is 0. The zero-order valence-corrected chi connectivity index (χ0v) is 7.37. The van der Waals surface area contributed by atoms with Gasteiger partial charge in [0.1, 0.15) is 5.92 Å². The van der Waals surface area contributed by atoms with Gasteiger partial charge < -0.3 is 4.74 Å². The Balaban J connectivity index is 2.56. The molecule has 0 aliphatic carbocycles. The van der Waals surface area contributed by atoms with Gasteiger partial charge in [0.15, 0.2) is 5.78 Å². The monoisotopic (exact) mass is 171 g/mol. The van der Waals surface area contributed by atoms with Crippen LogP contribution in [0.3, 0.4) is 0 Å². The maximum Gasteiger partial charge on any atom is 0.316 e. The summed E-state index contributed by atoms with van der Waals surface area (Å²) in [5.41, 5.74) is 0. The normalized spacial score (nSPS) is 25.5. The molecule has 1 unspecified atom stereocenters. The smallest absolute Gasteiger partial charge is 0.316 e. The molecule has 12 heavy (non-hydrogen) atoms. The summed E-state index contributed by atoms with van der Waals surface area (Å²) in [7, 11) is 3.18. The molecule has 0 bridgehead atoms. The summed E-state index contributed by atoms with van der Waals surface area (Å²) in [6, 6.07) is 0. The van der Waals surface area contributed by atoms with Crippen molar-refractivity contribution in [3.63, 3.8) is 0 Å². The highest BCUT2D eigenvalue weighted by atomic mass is 16.5. The van der Waals surface area contributed by atoms with E-state index in [1.807, 2.05) is 11.9 Å². The van der Waals surface area contributed by atoms with Crippen molar-refractivity contribution in [3.8, 4) is 0 Å². The van der Waals surface area contributed by atoms with Crippen LogP contribution < -0.4 is 0 Å². The molecule has 0 aromatic heterocycles. The molecule has 4 nitrogen and oxygen atoms in total. The van der Waals surface area contributed by atoms with Crippen LogP contribution in [0, 0.1) is 5.92 Å². The van der Waals surface area contributed by atoms with Gasteiger partial charge >= 0.3 is 5.97 Å². The van der Waals surface area contributed by atoms with E-state index in [2.05, 4.69) is 4.74 Å². The highest BCUT2D eigenvalue weighted by molar-refractivity contribution is 6.00. The van der Waals surface area contributed by atoms with Gasteiger partial charge in [-0.25, -0.2) is 0 Å². The van der Waals surface area contributed by atoms with Crippen molar-refractivity contribution in [3.05, 3.63) is 0 Å². The van der Waals surface area contributed by atoms with Crippen LogP contribution >= 0.6 is 0 Å². The fourth-order valence-electron chi connectivity index (χ4n) is 1.36. The molecule has 0 aromatic carbocycles. The fourth-order valence-corrected chi connectivity index (χ4v) is 1.36. The first-order chi connectivity index (χ1) is 5.65. The van der Waals surface area contributed by atoms with Crippen molar-refractivity contribution in [1.29, 1.82) is 0 Å². The van der Waals surface area contributed by atoms with Gasteiger partial charge in [0, 0.05) is 0 Å². The van der Waals surface area contributed by atoms with Crippen molar-refractivity contribution in [2.45, 2.75) is 6.42 Å². The Morgan fingerprint density at radius 2 is 2.33 bits per heavy atom. The fraction of sp³-hybridized carbons (Fsp3) is 0.750. The number of likely N-dealkylation sites (N-methyl/N-ethyl adjacent to an activating group) is 1. The number of ketones is 1. The van der Waals surface area contributed by atoms with E-state index in [-0.39, 0.29) is 5.78 Å². The lowest BCUT2D eigenvalue weighted by Gasteiger charge is -2.25. The average Bonchev–Trinajstić information content (AvgIpc) is 2.03. The largest absolute Gasteiger partial charge is 0.468 e. The molecule has 1 aliphatic rings. The Kier molecular flexibility index (Phi) is 2.81. The second-order valence-electron chi connectivity index (χ2n) is 3.07. The molecule has 0 amide bonds. The van der Waals surface area contributed by atoms with Crippen molar-refractivity contribution in [2.24, 2.45) is 5.92 Å². The van der Waals surface area contributed by atoms with Crippen LogP contribution in [0.2, 0.25) is 0 Å². The van der Waals surface area contributed by atoms with Crippen molar-refractivity contribution < 1.29 is 14.3 Å². The van der Waals surface area contributed by atoms with Crippen LogP contribution in [0.25, 0.3) is 0 Å². The maximum absolute atomic E-state index is 11.3. The molecule has 0 N–H and O–H groups in total. The molecule has 0 aromatic rings. The van der Waals surface area contributed by atoms with E-state index < -0.39 is 11.9 Å². The number of ether oxygens (including phenoxy) is 1. The molecule has 1 aliphatic heterocycles. The lowest BCUT2D eigenvalue weighted by atomic mass is 9.96. The first kappa shape index (κ1) is 9.19. The standard InChI is InChI=1S/C8H13NO3/c1-9-4-3-6(7(10)5-9)8(11)12-2/h6H,3-5H2,1-2H3. The van der Waals surface area contributed by atoms with E-state index >= 15 is 0 Å². The van der Waals surface area contributed by atoms with Crippen molar-refractivity contribution in [1.82, 2.24) is 4.90 Å². The Labute approximate surface area is 71.5 Å². The lowest BCUT2D eigenvalue weighted by Crippen LogP contribution is -2.42. The van der Waals surface area contributed by atoms with E-state index in [9.17, 15) is 9.59 Å². The van der Waals surface area contributed by atoms with Gasteiger partial charge in [0.25, 0.3) is 0 Å². The number of carbonyl (C=O) groups is 2. The number of piperidine rings is 1.